The number of amides is 1. The third kappa shape index (κ3) is 6.68. The van der Waals surface area contributed by atoms with Crippen molar-refractivity contribution in [1.82, 2.24) is 5.43 Å². The molecular formula is C19H21BrN2O3. The van der Waals surface area contributed by atoms with E-state index in [0.29, 0.717) is 13.0 Å². The van der Waals surface area contributed by atoms with Gasteiger partial charge in [0.15, 0.2) is 0 Å². The molecule has 0 aliphatic rings. The highest BCUT2D eigenvalue weighted by Crippen LogP contribution is 2.21. The van der Waals surface area contributed by atoms with Crippen molar-refractivity contribution in [2.75, 3.05) is 6.61 Å². The summed E-state index contributed by atoms with van der Waals surface area (Å²) in [5.74, 6) is 0.523. The van der Waals surface area contributed by atoms with Crippen LogP contribution in [0.25, 0.3) is 0 Å². The average Bonchev–Trinajstić information content (AvgIpc) is 2.61. The molecule has 0 fully saturated rings. The summed E-state index contributed by atoms with van der Waals surface area (Å²) in [4.78, 5) is 11.8. The fourth-order valence-electron chi connectivity index (χ4n) is 2.21. The summed E-state index contributed by atoms with van der Waals surface area (Å²) in [5, 5.41) is 14.1. The van der Waals surface area contributed by atoms with E-state index in [1.165, 1.54) is 0 Å². The lowest BCUT2D eigenvalue weighted by molar-refractivity contribution is -0.121. The molecule has 0 radical (unpaired) electrons. The molecule has 0 aliphatic heterocycles. The van der Waals surface area contributed by atoms with E-state index in [0.717, 1.165) is 21.3 Å². The highest BCUT2D eigenvalue weighted by Gasteiger charge is 2.10. The average molecular weight is 405 g/mol. The molecule has 0 aromatic heterocycles. The topological polar surface area (TPSA) is 70.9 Å². The number of carbonyl (C=O) groups excluding carboxylic acids is 1. The van der Waals surface area contributed by atoms with Gasteiger partial charge in [-0.3, -0.25) is 4.79 Å². The fourth-order valence-corrected chi connectivity index (χ4v) is 2.63. The quantitative estimate of drug-likeness (QED) is 0.518. The molecule has 0 saturated heterocycles. The monoisotopic (exact) mass is 404 g/mol. The van der Waals surface area contributed by atoms with Crippen LogP contribution in [-0.4, -0.2) is 23.8 Å². The van der Waals surface area contributed by atoms with Gasteiger partial charge in [-0.1, -0.05) is 40.2 Å². The van der Waals surface area contributed by atoms with Gasteiger partial charge in [-0.05, 0) is 48.7 Å². The molecular weight excluding hydrogens is 384 g/mol. The van der Waals surface area contributed by atoms with Gasteiger partial charge in [-0.2, -0.15) is 5.10 Å². The van der Waals surface area contributed by atoms with Crippen molar-refractivity contribution >= 4 is 28.1 Å². The van der Waals surface area contributed by atoms with E-state index in [1.807, 2.05) is 43.3 Å². The summed E-state index contributed by atoms with van der Waals surface area (Å²) in [6.45, 7) is 2.52. The summed E-state index contributed by atoms with van der Waals surface area (Å²) in [6.07, 6.45) is 1.39. The number of nitrogens with zero attached hydrogens (tertiary/aromatic N) is 1. The standard InChI is InChI=1S/C19H21BrN2O3/c1-2-25-17-8-6-15(7-9-17)18(23)10-11-19(24)22-21-13-14-4-3-5-16(20)12-14/h3-9,12-13,18,23H,2,10-11H2,1H3,(H,22,24)/b21-13-/t18-/m0/s1. The van der Waals surface area contributed by atoms with Gasteiger partial charge in [0.05, 0.1) is 18.9 Å². The highest BCUT2D eigenvalue weighted by atomic mass is 79.9. The number of aliphatic hydroxyl groups is 1. The largest absolute Gasteiger partial charge is 0.494 e. The van der Waals surface area contributed by atoms with Gasteiger partial charge in [0.25, 0.3) is 0 Å². The van der Waals surface area contributed by atoms with Crippen LogP contribution < -0.4 is 10.2 Å². The summed E-state index contributed by atoms with van der Waals surface area (Å²) < 4.78 is 6.31. The zero-order valence-electron chi connectivity index (χ0n) is 14.0. The number of nitrogens with one attached hydrogen (secondary N) is 1. The molecule has 0 heterocycles. The summed E-state index contributed by atoms with van der Waals surface area (Å²) >= 11 is 3.37. The molecule has 0 unspecified atom stereocenters. The van der Waals surface area contributed by atoms with Crippen molar-refractivity contribution in [1.29, 1.82) is 0 Å². The Labute approximate surface area is 155 Å². The van der Waals surface area contributed by atoms with E-state index in [4.69, 9.17) is 4.74 Å². The van der Waals surface area contributed by atoms with Gasteiger partial charge in [0, 0.05) is 10.9 Å². The summed E-state index contributed by atoms with van der Waals surface area (Å²) in [7, 11) is 0. The molecule has 2 N–H and O–H groups in total. The van der Waals surface area contributed by atoms with Crippen molar-refractivity contribution in [2.24, 2.45) is 5.10 Å². The van der Waals surface area contributed by atoms with E-state index in [1.54, 1.807) is 18.3 Å². The van der Waals surface area contributed by atoms with Gasteiger partial charge in [-0.25, -0.2) is 5.43 Å². The van der Waals surface area contributed by atoms with Crippen LogP contribution >= 0.6 is 15.9 Å². The van der Waals surface area contributed by atoms with Crippen molar-refractivity contribution in [3.63, 3.8) is 0 Å². The number of hydrazone groups is 1. The minimum atomic E-state index is -0.699. The molecule has 0 spiro atoms. The van der Waals surface area contributed by atoms with Crippen LogP contribution in [0.3, 0.4) is 0 Å². The maximum atomic E-state index is 11.8. The van der Waals surface area contributed by atoms with Gasteiger partial charge >= 0.3 is 0 Å². The van der Waals surface area contributed by atoms with Crippen molar-refractivity contribution in [3.8, 4) is 5.75 Å². The molecule has 2 aromatic rings. The summed E-state index contributed by atoms with van der Waals surface area (Å²) in [5.41, 5.74) is 4.10. The number of halogens is 1. The summed E-state index contributed by atoms with van der Waals surface area (Å²) in [6, 6.07) is 14.8. The van der Waals surface area contributed by atoms with Crippen molar-refractivity contribution < 1.29 is 14.6 Å². The van der Waals surface area contributed by atoms with Crippen LogP contribution in [0.2, 0.25) is 0 Å². The maximum absolute atomic E-state index is 11.8. The SMILES string of the molecule is CCOc1ccc([C@@H](O)CCC(=O)N/N=C\c2cccc(Br)c2)cc1. The van der Waals surface area contributed by atoms with Gasteiger partial charge in [0.2, 0.25) is 5.91 Å². The molecule has 0 aliphatic carbocycles. The van der Waals surface area contributed by atoms with Gasteiger partial charge < -0.3 is 9.84 Å². The van der Waals surface area contributed by atoms with Crippen molar-refractivity contribution in [3.05, 3.63) is 64.1 Å². The molecule has 25 heavy (non-hydrogen) atoms. The van der Waals surface area contributed by atoms with E-state index in [9.17, 15) is 9.90 Å². The molecule has 6 heteroatoms. The molecule has 0 saturated carbocycles. The maximum Gasteiger partial charge on any atom is 0.240 e. The van der Waals surface area contributed by atoms with Crippen LogP contribution in [0.5, 0.6) is 5.75 Å². The zero-order valence-corrected chi connectivity index (χ0v) is 15.6. The zero-order chi connectivity index (χ0) is 18.1. The Balaban J connectivity index is 1.77. The lowest BCUT2D eigenvalue weighted by Gasteiger charge is -2.11. The van der Waals surface area contributed by atoms with E-state index < -0.39 is 6.10 Å². The number of benzene rings is 2. The Morgan fingerprint density at radius 3 is 2.76 bits per heavy atom. The second-order valence-corrected chi connectivity index (χ2v) is 6.32. The number of rotatable bonds is 8. The first-order valence-electron chi connectivity index (χ1n) is 8.06. The third-order valence-corrected chi connectivity index (χ3v) is 3.97. The predicted octanol–water partition coefficient (Wildman–Crippen LogP) is 3.81. The van der Waals surface area contributed by atoms with Crippen LogP contribution in [0.4, 0.5) is 0 Å². The molecule has 5 nitrogen and oxygen atoms in total. The van der Waals surface area contributed by atoms with Crippen LogP contribution in [0, 0.1) is 0 Å². The second kappa shape index (κ2) is 9.96. The van der Waals surface area contributed by atoms with E-state index >= 15 is 0 Å². The lowest BCUT2D eigenvalue weighted by Crippen LogP contribution is -2.18. The van der Waals surface area contributed by atoms with Crippen molar-refractivity contribution in [2.45, 2.75) is 25.9 Å². The highest BCUT2D eigenvalue weighted by molar-refractivity contribution is 9.10. The Kier molecular flexibility index (Phi) is 7.63. The number of aliphatic hydroxyl groups excluding tert-OH is 1. The molecule has 2 rings (SSSR count). The fraction of sp³-hybridized carbons (Fsp3) is 0.263. The molecule has 1 atom stereocenters. The Bertz CT molecular complexity index is 717. The van der Waals surface area contributed by atoms with E-state index in [-0.39, 0.29) is 12.3 Å². The minimum Gasteiger partial charge on any atom is -0.494 e. The van der Waals surface area contributed by atoms with Crippen LogP contribution in [0.1, 0.15) is 37.0 Å². The first kappa shape index (κ1) is 19.1. The first-order chi connectivity index (χ1) is 12.1. The number of hydrogen-bond acceptors (Lipinski definition) is 4. The first-order valence-corrected chi connectivity index (χ1v) is 8.86. The van der Waals surface area contributed by atoms with Gasteiger partial charge in [0.1, 0.15) is 5.75 Å². The number of carbonyl (C=O) groups is 1. The van der Waals surface area contributed by atoms with E-state index in [2.05, 4.69) is 26.5 Å². The van der Waals surface area contributed by atoms with Gasteiger partial charge in [-0.15, -0.1) is 0 Å². The normalized spacial score (nSPS) is 12.1. The Morgan fingerprint density at radius 2 is 2.08 bits per heavy atom. The molecule has 2 aromatic carbocycles. The molecule has 132 valence electrons. The second-order valence-electron chi connectivity index (χ2n) is 5.40. The minimum absolute atomic E-state index is 0.185. The predicted molar refractivity (Wildman–Crippen MR) is 102 cm³/mol. The number of hydrogen-bond donors (Lipinski definition) is 2. The number of ether oxygens (including phenoxy) is 1. The van der Waals surface area contributed by atoms with Crippen LogP contribution in [-0.2, 0) is 4.79 Å². The Hall–Kier alpha value is -2.18. The smallest absolute Gasteiger partial charge is 0.240 e. The molecule has 1 amide bonds. The lowest BCUT2D eigenvalue weighted by atomic mass is 10.0. The molecule has 0 bridgehead atoms. The van der Waals surface area contributed by atoms with Crippen LogP contribution in [0.15, 0.2) is 58.1 Å². The Morgan fingerprint density at radius 1 is 1.32 bits per heavy atom. The third-order valence-electron chi connectivity index (χ3n) is 3.47.